The summed E-state index contributed by atoms with van der Waals surface area (Å²) in [6.45, 7) is 3.02. The van der Waals surface area contributed by atoms with Crippen molar-refractivity contribution in [3.8, 4) is 11.6 Å². The molecule has 0 aliphatic rings. The van der Waals surface area contributed by atoms with Crippen LogP contribution in [0.5, 0.6) is 11.6 Å². The van der Waals surface area contributed by atoms with Crippen molar-refractivity contribution < 1.29 is 9.47 Å². The number of rotatable bonds is 4. The predicted molar refractivity (Wildman–Crippen MR) is 67.4 cm³/mol. The molecule has 0 aliphatic heterocycles. The fraction of sp³-hybridized carbons (Fsp3) is 0.308. The molecule has 0 atom stereocenters. The molecule has 1 heterocycles. The van der Waals surface area contributed by atoms with Gasteiger partial charge in [0.15, 0.2) is 0 Å². The molecule has 4 nitrogen and oxygen atoms in total. The number of methoxy groups -OCH3 is 1. The summed E-state index contributed by atoms with van der Waals surface area (Å²) >= 11 is 0. The molecule has 2 N–H and O–H groups in total. The van der Waals surface area contributed by atoms with Gasteiger partial charge >= 0.3 is 0 Å². The van der Waals surface area contributed by atoms with Gasteiger partial charge < -0.3 is 15.2 Å². The maximum atomic E-state index is 5.66. The maximum absolute atomic E-state index is 5.66. The highest BCUT2D eigenvalue weighted by Gasteiger charge is 2.06. The van der Waals surface area contributed by atoms with Crippen molar-refractivity contribution in [1.29, 1.82) is 0 Å². The van der Waals surface area contributed by atoms with E-state index in [1.54, 1.807) is 7.11 Å². The number of nitrogens with two attached hydrogens (primary N) is 1. The summed E-state index contributed by atoms with van der Waals surface area (Å²) in [6.07, 6.45) is 0. The minimum Gasteiger partial charge on any atom is -0.494 e. The number of pyridine rings is 1. The quantitative estimate of drug-likeness (QED) is 0.877. The number of aromatic nitrogens is 1. The number of hydrogen-bond donors (Lipinski definition) is 1. The average molecular weight is 232 g/mol. The van der Waals surface area contributed by atoms with Crippen molar-refractivity contribution in [3.63, 3.8) is 0 Å². The van der Waals surface area contributed by atoms with Crippen molar-refractivity contribution in [2.24, 2.45) is 5.73 Å². The van der Waals surface area contributed by atoms with Crippen LogP contribution in [0.4, 0.5) is 0 Å². The number of fused-ring (bicyclic) bond motifs is 1. The fourth-order valence-electron chi connectivity index (χ4n) is 1.76. The van der Waals surface area contributed by atoms with E-state index in [0.29, 0.717) is 19.0 Å². The highest BCUT2D eigenvalue weighted by atomic mass is 16.5. The Balaban J connectivity index is 2.54. The zero-order valence-corrected chi connectivity index (χ0v) is 10.1. The number of benzene rings is 1. The predicted octanol–water partition coefficient (Wildman–Crippen LogP) is 2.10. The van der Waals surface area contributed by atoms with E-state index in [1.165, 1.54) is 0 Å². The van der Waals surface area contributed by atoms with Crippen LogP contribution in [-0.4, -0.2) is 18.7 Å². The van der Waals surface area contributed by atoms with Crippen LogP contribution in [0.25, 0.3) is 10.9 Å². The molecule has 0 aliphatic carbocycles. The monoisotopic (exact) mass is 232 g/mol. The number of hydrogen-bond acceptors (Lipinski definition) is 4. The zero-order chi connectivity index (χ0) is 12.3. The summed E-state index contributed by atoms with van der Waals surface area (Å²) in [7, 11) is 1.60. The largest absolute Gasteiger partial charge is 0.494 e. The van der Waals surface area contributed by atoms with Crippen molar-refractivity contribution in [1.82, 2.24) is 4.98 Å². The van der Waals surface area contributed by atoms with Crippen LogP contribution in [0.1, 0.15) is 12.5 Å². The first-order valence-electron chi connectivity index (χ1n) is 5.59. The van der Waals surface area contributed by atoms with Crippen molar-refractivity contribution in [2.75, 3.05) is 13.7 Å². The van der Waals surface area contributed by atoms with E-state index in [1.807, 2.05) is 31.2 Å². The highest BCUT2D eigenvalue weighted by Crippen LogP contribution is 2.25. The Labute approximate surface area is 100 Å². The lowest BCUT2D eigenvalue weighted by molar-refractivity contribution is 0.340. The third-order valence-electron chi connectivity index (χ3n) is 2.55. The Morgan fingerprint density at radius 1 is 1.29 bits per heavy atom. The molecule has 0 saturated heterocycles. The smallest absolute Gasteiger partial charge is 0.218 e. The Morgan fingerprint density at radius 3 is 2.76 bits per heavy atom. The zero-order valence-electron chi connectivity index (χ0n) is 10.1. The molecule has 0 bridgehead atoms. The van der Waals surface area contributed by atoms with E-state index in [0.717, 1.165) is 22.2 Å². The normalized spacial score (nSPS) is 10.5. The van der Waals surface area contributed by atoms with E-state index in [4.69, 9.17) is 15.2 Å². The van der Waals surface area contributed by atoms with Gasteiger partial charge in [-0.2, -0.15) is 0 Å². The maximum Gasteiger partial charge on any atom is 0.218 e. The van der Waals surface area contributed by atoms with Gasteiger partial charge in [0.05, 0.1) is 19.2 Å². The second kappa shape index (κ2) is 5.01. The van der Waals surface area contributed by atoms with E-state index < -0.39 is 0 Å². The molecule has 2 aromatic rings. The minimum absolute atomic E-state index is 0.408. The lowest BCUT2D eigenvalue weighted by Gasteiger charge is -2.09. The Morgan fingerprint density at radius 2 is 2.12 bits per heavy atom. The summed E-state index contributed by atoms with van der Waals surface area (Å²) < 4.78 is 10.7. The van der Waals surface area contributed by atoms with Gasteiger partial charge in [0.1, 0.15) is 5.75 Å². The van der Waals surface area contributed by atoms with Crippen molar-refractivity contribution in [3.05, 3.63) is 29.8 Å². The van der Waals surface area contributed by atoms with Crippen LogP contribution in [-0.2, 0) is 6.54 Å². The second-order valence-corrected chi connectivity index (χ2v) is 3.65. The molecule has 1 aromatic heterocycles. The minimum atomic E-state index is 0.408. The summed E-state index contributed by atoms with van der Waals surface area (Å²) in [4.78, 5) is 4.41. The molecule has 4 heteroatoms. The molecule has 2 rings (SSSR count). The molecular weight excluding hydrogens is 216 g/mol. The first kappa shape index (κ1) is 11.7. The van der Waals surface area contributed by atoms with Crippen molar-refractivity contribution >= 4 is 10.9 Å². The van der Waals surface area contributed by atoms with Crippen LogP contribution in [0.15, 0.2) is 24.3 Å². The molecule has 0 fully saturated rings. The van der Waals surface area contributed by atoms with Crippen LogP contribution < -0.4 is 15.2 Å². The molecule has 17 heavy (non-hydrogen) atoms. The first-order valence-corrected chi connectivity index (χ1v) is 5.59. The van der Waals surface area contributed by atoms with Gasteiger partial charge in [-0.15, -0.1) is 0 Å². The van der Waals surface area contributed by atoms with Gasteiger partial charge in [0.2, 0.25) is 5.88 Å². The van der Waals surface area contributed by atoms with Gasteiger partial charge in [-0.1, -0.05) is 0 Å². The second-order valence-electron chi connectivity index (χ2n) is 3.65. The molecule has 0 saturated carbocycles. The average Bonchev–Trinajstić information content (AvgIpc) is 2.37. The third-order valence-corrected chi connectivity index (χ3v) is 2.55. The van der Waals surface area contributed by atoms with Gasteiger partial charge in [-0.25, -0.2) is 4.98 Å². The van der Waals surface area contributed by atoms with Gasteiger partial charge in [0, 0.05) is 17.5 Å². The molecular formula is C13H16N2O2. The fourth-order valence-corrected chi connectivity index (χ4v) is 1.76. The van der Waals surface area contributed by atoms with Crippen LogP contribution >= 0.6 is 0 Å². The van der Waals surface area contributed by atoms with E-state index >= 15 is 0 Å². The molecule has 0 spiro atoms. The first-order chi connectivity index (χ1) is 8.28. The highest BCUT2D eigenvalue weighted by molar-refractivity contribution is 5.81. The van der Waals surface area contributed by atoms with E-state index in [9.17, 15) is 0 Å². The lowest BCUT2D eigenvalue weighted by Crippen LogP contribution is -2.02. The Kier molecular flexibility index (Phi) is 3.44. The van der Waals surface area contributed by atoms with Gasteiger partial charge in [-0.3, -0.25) is 0 Å². The van der Waals surface area contributed by atoms with E-state index in [2.05, 4.69) is 4.98 Å². The third kappa shape index (κ3) is 2.31. The Bertz CT molecular complexity index is 526. The summed E-state index contributed by atoms with van der Waals surface area (Å²) in [5.41, 5.74) is 7.44. The van der Waals surface area contributed by atoms with Gasteiger partial charge in [0.25, 0.3) is 0 Å². The Hall–Kier alpha value is -1.81. The molecule has 0 amide bonds. The molecule has 90 valence electrons. The SMILES string of the molecule is CCOc1ccc2nc(OC)c(CN)cc2c1. The van der Waals surface area contributed by atoms with Crippen LogP contribution in [0.2, 0.25) is 0 Å². The number of nitrogens with zero attached hydrogens (tertiary/aromatic N) is 1. The topological polar surface area (TPSA) is 57.4 Å². The lowest BCUT2D eigenvalue weighted by atomic mass is 10.1. The summed E-state index contributed by atoms with van der Waals surface area (Å²) in [6, 6.07) is 7.78. The molecule has 0 unspecified atom stereocenters. The molecule has 0 radical (unpaired) electrons. The van der Waals surface area contributed by atoms with Crippen molar-refractivity contribution in [2.45, 2.75) is 13.5 Å². The van der Waals surface area contributed by atoms with E-state index in [-0.39, 0.29) is 0 Å². The summed E-state index contributed by atoms with van der Waals surface area (Å²) in [5, 5.41) is 1.01. The molecule has 1 aromatic carbocycles. The van der Waals surface area contributed by atoms with Crippen LogP contribution in [0.3, 0.4) is 0 Å². The van der Waals surface area contributed by atoms with Crippen LogP contribution in [0, 0.1) is 0 Å². The van der Waals surface area contributed by atoms with Gasteiger partial charge in [-0.05, 0) is 31.2 Å². The summed E-state index contributed by atoms with van der Waals surface area (Å²) in [5.74, 6) is 1.43. The standard InChI is InChI=1S/C13H16N2O2/c1-3-17-11-4-5-12-9(7-11)6-10(8-14)13(15-12)16-2/h4-7H,3,8,14H2,1-2H3. The number of ether oxygens (including phenoxy) is 2.